The lowest BCUT2D eigenvalue weighted by Gasteiger charge is -2.07. The van der Waals surface area contributed by atoms with Crippen LogP contribution in [0.4, 0.5) is 5.82 Å². The maximum absolute atomic E-state index is 13.1. The second-order valence-electron chi connectivity index (χ2n) is 7.35. The molecular formula is C22H20ClN3O4S. The summed E-state index contributed by atoms with van der Waals surface area (Å²) in [4.78, 5) is 12.4. The number of amides is 1. The Hall–Kier alpha value is -3.10. The number of nitrogens with zero attached hydrogens (tertiary/aromatic N) is 2. The van der Waals surface area contributed by atoms with Gasteiger partial charge in [0.05, 0.1) is 4.90 Å². The molecule has 2 aromatic carbocycles. The van der Waals surface area contributed by atoms with E-state index in [1.165, 1.54) is 6.07 Å². The van der Waals surface area contributed by atoms with Crippen LogP contribution in [0.1, 0.15) is 16.9 Å². The van der Waals surface area contributed by atoms with Crippen molar-refractivity contribution in [3.63, 3.8) is 0 Å². The summed E-state index contributed by atoms with van der Waals surface area (Å²) < 4.78 is 32.9. The molecule has 1 amide bonds. The second-order valence-corrected chi connectivity index (χ2v) is 9.72. The molecule has 9 heteroatoms. The van der Waals surface area contributed by atoms with Crippen molar-refractivity contribution in [1.29, 1.82) is 0 Å². The van der Waals surface area contributed by atoms with Crippen LogP contribution >= 0.6 is 11.6 Å². The minimum atomic E-state index is -3.90. The quantitative estimate of drug-likeness (QED) is 0.464. The third-order valence-corrected chi connectivity index (χ3v) is 6.94. The van der Waals surface area contributed by atoms with Crippen LogP contribution < -0.4 is 5.32 Å². The highest BCUT2D eigenvalue weighted by Crippen LogP contribution is 2.28. The zero-order valence-corrected chi connectivity index (χ0v) is 18.5. The van der Waals surface area contributed by atoms with E-state index in [1.807, 2.05) is 41.8 Å². The first kappa shape index (κ1) is 21.1. The molecule has 0 aliphatic rings. The zero-order valence-electron chi connectivity index (χ0n) is 16.9. The second kappa shape index (κ2) is 8.20. The lowest BCUT2D eigenvalue weighted by atomic mass is 10.1. The Morgan fingerprint density at radius 1 is 1.16 bits per heavy atom. The largest absolute Gasteiger partial charge is 0.360 e. The normalized spacial score (nSPS) is 11.7. The predicted octanol–water partition coefficient (Wildman–Crippen LogP) is 4.36. The highest BCUT2D eigenvalue weighted by Gasteiger charge is 2.25. The third kappa shape index (κ3) is 4.50. The summed E-state index contributed by atoms with van der Waals surface area (Å²) in [7, 11) is -3.90. The van der Waals surface area contributed by atoms with Crippen LogP contribution in [0.3, 0.4) is 0 Å². The Morgan fingerprint density at radius 3 is 2.65 bits per heavy atom. The summed E-state index contributed by atoms with van der Waals surface area (Å²) in [6.45, 7) is 4.04. The SMILES string of the molecule is Cc1cc(NC(=O)CS(=O)(=O)c2cn(Cc3ccc(C)c(Cl)c3)c3ccccc23)no1. The van der Waals surface area contributed by atoms with Crippen LogP contribution in [0.15, 0.2) is 64.1 Å². The van der Waals surface area contributed by atoms with E-state index in [4.69, 9.17) is 16.1 Å². The number of aromatic nitrogens is 2. The van der Waals surface area contributed by atoms with Gasteiger partial charge >= 0.3 is 0 Å². The Balaban J connectivity index is 1.65. The van der Waals surface area contributed by atoms with Crippen molar-refractivity contribution in [2.75, 3.05) is 11.1 Å². The van der Waals surface area contributed by atoms with Gasteiger partial charge in [0.1, 0.15) is 11.5 Å². The van der Waals surface area contributed by atoms with Crippen LogP contribution in [-0.4, -0.2) is 29.8 Å². The lowest BCUT2D eigenvalue weighted by molar-refractivity contribution is -0.113. The standard InChI is InChI=1S/C22H20ClN3O4S/c1-14-7-8-16(10-18(14)23)11-26-12-20(17-5-3-4-6-19(17)26)31(28,29)13-22(27)24-21-9-15(2)30-25-21/h3-10,12H,11,13H2,1-2H3,(H,24,25,27). The number of anilines is 1. The van der Waals surface area contributed by atoms with Crippen molar-refractivity contribution >= 4 is 44.1 Å². The first-order chi connectivity index (χ1) is 14.7. The lowest BCUT2D eigenvalue weighted by Crippen LogP contribution is -2.23. The summed E-state index contributed by atoms with van der Waals surface area (Å²) >= 11 is 6.24. The number of rotatable bonds is 6. The van der Waals surface area contributed by atoms with Crippen molar-refractivity contribution in [1.82, 2.24) is 9.72 Å². The molecule has 0 atom stereocenters. The molecule has 0 aliphatic heterocycles. The first-order valence-electron chi connectivity index (χ1n) is 9.52. The van der Waals surface area contributed by atoms with Crippen molar-refractivity contribution < 1.29 is 17.7 Å². The van der Waals surface area contributed by atoms with Gasteiger partial charge in [-0.25, -0.2) is 8.42 Å². The molecule has 31 heavy (non-hydrogen) atoms. The Labute approximate surface area is 184 Å². The summed E-state index contributed by atoms with van der Waals surface area (Å²) in [5, 5.41) is 7.32. The summed E-state index contributed by atoms with van der Waals surface area (Å²) in [6.07, 6.45) is 1.57. The Kier molecular flexibility index (Phi) is 5.60. The van der Waals surface area contributed by atoms with E-state index in [0.717, 1.165) is 16.6 Å². The minimum Gasteiger partial charge on any atom is -0.360 e. The fourth-order valence-electron chi connectivity index (χ4n) is 3.38. The predicted molar refractivity (Wildman–Crippen MR) is 119 cm³/mol. The molecule has 4 rings (SSSR count). The van der Waals surface area contributed by atoms with Crippen molar-refractivity contribution in [2.45, 2.75) is 25.3 Å². The van der Waals surface area contributed by atoms with Crippen molar-refractivity contribution in [3.05, 3.63) is 76.6 Å². The number of benzene rings is 2. The molecule has 160 valence electrons. The zero-order chi connectivity index (χ0) is 22.2. The van der Waals surface area contributed by atoms with Crippen LogP contribution in [0, 0.1) is 13.8 Å². The van der Waals surface area contributed by atoms with Gasteiger partial charge in [0.2, 0.25) is 5.91 Å². The van der Waals surface area contributed by atoms with Crippen LogP contribution in [0.2, 0.25) is 5.02 Å². The number of nitrogens with one attached hydrogen (secondary N) is 1. The van der Waals surface area contributed by atoms with E-state index in [-0.39, 0.29) is 10.7 Å². The Morgan fingerprint density at radius 2 is 1.94 bits per heavy atom. The number of hydrogen-bond donors (Lipinski definition) is 1. The third-order valence-electron chi connectivity index (χ3n) is 4.89. The average molecular weight is 458 g/mol. The van der Waals surface area contributed by atoms with E-state index in [2.05, 4.69) is 10.5 Å². The maximum Gasteiger partial charge on any atom is 0.241 e. The molecule has 2 aromatic heterocycles. The molecule has 0 unspecified atom stereocenters. The number of carbonyl (C=O) groups excluding carboxylic acids is 1. The van der Waals surface area contributed by atoms with Gasteiger partial charge in [-0.05, 0) is 37.1 Å². The first-order valence-corrected chi connectivity index (χ1v) is 11.5. The van der Waals surface area contributed by atoms with Gasteiger partial charge in [-0.3, -0.25) is 4.79 Å². The molecule has 0 spiro atoms. The topological polar surface area (TPSA) is 94.2 Å². The fraction of sp³-hybridized carbons (Fsp3) is 0.182. The van der Waals surface area contributed by atoms with Crippen molar-refractivity contribution in [2.24, 2.45) is 0 Å². The summed E-state index contributed by atoms with van der Waals surface area (Å²) in [6, 6.07) is 14.5. The summed E-state index contributed by atoms with van der Waals surface area (Å²) in [5.41, 5.74) is 2.67. The highest BCUT2D eigenvalue weighted by molar-refractivity contribution is 7.92. The monoisotopic (exact) mass is 457 g/mol. The maximum atomic E-state index is 13.1. The number of para-hydroxylation sites is 1. The molecular weight excluding hydrogens is 438 g/mol. The molecule has 0 radical (unpaired) electrons. The van der Waals surface area contributed by atoms with Crippen LogP contribution in [0.25, 0.3) is 10.9 Å². The fourth-order valence-corrected chi connectivity index (χ4v) is 4.95. The van der Waals surface area contributed by atoms with E-state index < -0.39 is 21.5 Å². The number of fused-ring (bicyclic) bond motifs is 1. The molecule has 0 saturated carbocycles. The average Bonchev–Trinajstić information content (AvgIpc) is 3.28. The summed E-state index contributed by atoms with van der Waals surface area (Å²) in [5.74, 6) is -0.701. The van der Waals surface area contributed by atoms with Gasteiger partial charge in [0, 0.05) is 34.7 Å². The molecule has 0 aliphatic carbocycles. The number of halogens is 1. The van der Waals surface area contributed by atoms with E-state index in [0.29, 0.717) is 22.7 Å². The highest BCUT2D eigenvalue weighted by atomic mass is 35.5. The van der Waals surface area contributed by atoms with Crippen molar-refractivity contribution in [3.8, 4) is 0 Å². The van der Waals surface area contributed by atoms with Crippen LogP contribution in [0.5, 0.6) is 0 Å². The number of carbonyl (C=O) groups is 1. The van der Waals surface area contributed by atoms with Gasteiger partial charge in [0.15, 0.2) is 15.7 Å². The molecule has 0 bridgehead atoms. The molecule has 0 saturated heterocycles. The van der Waals surface area contributed by atoms with E-state index in [1.54, 1.807) is 25.3 Å². The number of hydrogen-bond acceptors (Lipinski definition) is 5. The van der Waals surface area contributed by atoms with Crippen LogP contribution in [-0.2, 0) is 21.2 Å². The van der Waals surface area contributed by atoms with E-state index >= 15 is 0 Å². The number of aryl methyl sites for hydroxylation is 2. The molecule has 0 fully saturated rings. The van der Waals surface area contributed by atoms with E-state index in [9.17, 15) is 13.2 Å². The molecule has 7 nitrogen and oxygen atoms in total. The van der Waals surface area contributed by atoms with Gasteiger partial charge in [-0.1, -0.05) is 47.1 Å². The van der Waals surface area contributed by atoms with Gasteiger partial charge in [-0.15, -0.1) is 0 Å². The molecule has 1 N–H and O–H groups in total. The molecule has 4 aromatic rings. The smallest absolute Gasteiger partial charge is 0.241 e. The van der Waals surface area contributed by atoms with Gasteiger partial charge in [-0.2, -0.15) is 0 Å². The molecule has 2 heterocycles. The Bertz CT molecular complexity index is 1390. The van der Waals surface area contributed by atoms with Gasteiger partial charge < -0.3 is 14.4 Å². The van der Waals surface area contributed by atoms with Gasteiger partial charge in [0.25, 0.3) is 0 Å². The minimum absolute atomic E-state index is 0.104. The number of sulfone groups is 1.